The van der Waals surface area contributed by atoms with Crippen molar-refractivity contribution in [1.29, 1.82) is 0 Å². The van der Waals surface area contributed by atoms with E-state index >= 15 is 0 Å². The highest BCUT2D eigenvalue weighted by molar-refractivity contribution is 5.94. The van der Waals surface area contributed by atoms with E-state index in [2.05, 4.69) is 25.6 Å². The van der Waals surface area contributed by atoms with Gasteiger partial charge in [0, 0.05) is 31.2 Å². The van der Waals surface area contributed by atoms with Gasteiger partial charge < -0.3 is 15.6 Å². The van der Waals surface area contributed by atoms with Gasteiger partial charge in [0.25, 0.3) is 11.5 Å². The van der Waals surface area contributed by atoms with E-state index in [9.17, 15) is 9.59 Å². The molecule has 3 aromatic rings. The molecule has 0 aliphatic carbocycles. The van der Waals surface area contributed by atoms with Gasteiger partial charge in [-0.05, 0) is 17.7 Å². The van der Waals surface area contributed by atoms with Gasteiger partial charge >= 0.3 is 0 Å². The van der Waals surface area contributed by atoms with Crippen molar-refractivity contribution >= 4 is 11.7 Å². The third-order valence-electron chi connectivity index (χ3n) is 3.52. The Balaban J connectivity index is 1.58. The normalized spacial score (nSPS) is 10.2. The average Bonchev–Trinajstić information content (AvgIpc) is 2.66. The van der Waals surface area contributed by atoms with Gasteiger partial charge in [0.2, 0.25) is 0 Å². The summed E-state index contributed by atoms with van der Waals surface area (Å²) in [5.41, 5.74) is 1.23. The molecule has 0 fully saturated rings. The van der Waals surface area contributed by atoms with Crippen LogP contribution in [0.1, 0.15) is 10.4 Å². The number of aromatic nitrogens is 3. The van der Waals surface area contributed by atoms with Crippen molar-refractivity contribution in [2.45, 2.75) is 0 Å². The Morgan fingerprint density at radius 2 is 1.88 bits per heavy atom. The first-order chi connectivity index (χ1) is 12.2. The highest BCUT2D eigenvalue weighted by Crippen LogP contribution is 2.14. The number of anilines is 1. The largest absolute Gasteiger partial charge is 0.367 e. The maximum absolute atomic E-state index is 12.2. The van der Waals surface area contributed by atoms with Gasteiger partial charge in [0.05, 0.1) is 6.20 Å². The van der Waals surface area contributed by atoms with Gasteiger partial charge in [-0.2, -0.15) is 0 Å². The van der Waals surface area contributed by atoms with Crippen LogP contribution in [0, 0.1) is 0 Å². The SMILES string of the molecule is O=C(NCCNc1cnccn1)c1ccc(-c2ccccc2)[nH]c1=O. The topological polar surface area (TPSA) is 99.8 Å². The predicted molar refractivity (Wildman–Crippen MR) is 95.4 cm³/mol. The third kappa shape index (κ3) is 4.29. The van der Waals surface area contributed by atoms with Crippen LogP contribution in [-0.2, 0) is 0 Å². The Hall–Kier alpha value is -3.48. The lowest BCUT2D eigenvalue weighted by molar-refractivity contribution is 0.0953. The van der Waals surface area contributed by atoms with Gasteiger partial charge in [-0.15, -0.1) is 0 Å². The quantitative estimate of drug-likeness (QED) is 0.595. The molecular weight excluding hydrogens is 318 g/mol. The molecule has 0 saturated carbocycles. The Kier molecular flexibility index (Phi) is 5.16. The molecule has 0 atom stereocenters. The van der Waals surface area contributed by atoms with E-state index in [0.717, 1.165) is 5.56 Å². The van der Waals surface area contributed by atoms with Crippen LogP contribution < -0.4 is 16.2 Å². The van der Waals surface area contributed by atoms with Crippen molar-refractivity contribution in [1.82, 2.24) is 20.3 Å². The summed E-state index contributed by atoms with van der Waals surface area (Å²) < 4.78 is 0. The molecule has 3 N–H and O–H groups in total. The second kappa shape index (κ2) is 7.87. The van der Waals surface area contributed by atoms with Crippen molar-refractivity contribution in [3.8, 4) is 11.3 Å². The summed E-state index contributed by atoms with van der Waals surface area (Å²) in [5.74, 6) is 0.212. The second-order valence-corrected chi connectivity index (χ2v) is 5.25. The molecule has 0 spiro atoms. The Morgan fingerprint density at radius 3 is 2.60 bits per heavy atom. The van der Waals surface area contributed by atoms with Crippen LogP contribution in [0.3, 0.4) is 0 Å². The fourth-order valence-electron chi connectivity index (χ4n) is 2.29. The summed E-state index contributed by atoms with van der Waals surface area (Å²) in [6.45, 7) is 0.833. The standard InChI is InChI=1S/C18H17N5O2/c24-17(22-11-10-21-16-12-19-8-9-20-16)14-6-7-15(23-18(14)25)13-4-2-1-3-5-13/h1-9,12H,10-11H2,(H,20,21)(H,22,24)(H,23,25). The first-order valence-electron chi connectivity index (χ1n) is 7.81. The van der Waals surface area contributed by atoms with Crippen molar-refractivity contribution < 1.29 is 4.79 Å². The maximum Gasteiger partial charge on any atom is 0.261 e. The summed E-state index contributed by atoms with van der Waals surface area (Å²) in [6.07, 6.45) is 4.75. The van der Waals surface area contributed by atoms with E-state index in [1.54, 1.807) is 24.7 Å². The molecule has 7 nitrogen and oxygen atoms in total. The maximum atomic E-state index is 12.2. The van der Waals surface area contributed by atoms with E-state index < -0.39 is 11.5 Å². The molecule has 2 aromatic heterocycles. The molecule has 0 aliphatic rings. The van der Waals surface area contributed by atoms with Gasteiger partial charge in [0.1, 0.15) is 11.4 Å². The number of hydrogen-bond acceptors (Lipinski definition) is 5. The second-order valence-electron chi connectivity index (χ2n) is 5.25. The lowest BCUT2D eigenvalue weighted by Crippen LogP contribution is -2.33. The van der Waals surface area contributed by atoms with E-state index in [-0.39, 0.29) is 5.56 Å². The number of rotatable bonds is 6. The first kappa shape index (κ1) is 16.4. The molecule has 0 saturated heterocycles. The molecule has 7 heteroatoms. The molecule has 1 aromatic carbocycles. The highest BCUT2D eigenvalue weighted by Gasteiger charge is 2.10. The Labute approximate surface area is 144 Å². The van der Waals surface area contributed by atoms with Crippen molar-refractivity contribution in [3.63, 3.8) is 0 Å². The number of nitrogens with one attached hydrogen (secondary N) is 3. The van der Waals surface area contributed by atoms with Crippen LogP contribution in [0.2, 0.25) is 0 Å². The number of hydrogen-bond donors (Lipinski definition) is 3. The third-order valence-corrected chi connectivity index (χ3v) is 3.52. The number of carbonyl (C=O) groups is 1. The van der Waals surface area contributed by atoms with Crippen LogP contribution in [0.5, 0.6) is 0 Å². The molecule has 1 amide bonds. The van der Waals surface area contributed by atoms with E-state index in [4.69, 9.17) is 0 Å². The number of aromatic amines is 1. The summed E-state index contributed by atoms with van der Waals surface area (Å²) in [5, 5.41) is 5.72. The van der Waals surface area contributed by atoms with Crippen LogP contribution in [0.25, 0.3) is 11.3 Å². The molecule has 3 rings (SSSR count). The fourth-order valence-corrected chi connectivity index (χ4v) is 2.29. The van der Waals surface area contributed by atoms with Crippen LogP contribution in [0.15, 0.2) is 65.8 Å². The number of carbonyl (C=O) groups excluding carboxylic acids is 1. The minimum absolute atomic E-state index is 0.0826. The minimum Gasteiger partial charge on any atom is -0.367 e. The van der Waals surface area contributed by atoms with E-state index in [0.29, 0.717) is 24.6 Å². The van der Waals surface area contributed by atoms with Crippen LogP contribution in [0.4, 0.5) is 5.82 Å². The summed E-state index contributed by atoms with van der Waals surface area (Å²) in [6, 6.07) is 12.7. The Bertz CT molecular complexity index is 894. The molecule has 0 bridgehead atoms. The fraction of sp³-hybridized carbons (Fsp3) is 0.111. The molecular formula is C18H17N5O2. The van der Waals surface area contributed by atoms with Crippen LogP contribution in [-0.4, -0.2) is 33.9 Å². The number of nitrogens with zero attached hydrogens (tertiary/aromatic N) is 2. The highest BCUT2D eigenvalue weighted by atomic mass is 16.2. The minimum atomic E-state index is -0.416. The average molecular weight is 335 g/mol. The lowest BCUT2D eigenvalue weighted by atomic mass is 10.1. The lowest BCUT2D eigenvalue weighted by Gasteiger charge is -2.07. The summed E-state index contributed by atoms with van der Waals surface area (Å²) in [7, 11) is 0. The molecule has 126 valence electrons. The van der Waals surface area contributed by atoms with Crippen molar-refractivity contribution in [2.75, 3.05) is 18.4 Å². The molecule has 2 heterocycles. The molecule has 0 radical (unpaired) electrons. The van der Waals surface area contributed by atoms with Gasteiger partial charge in [0.15, 0.2) is 0 Å². The number of H-pyrrole nitrogens is 1. The summed E-state index contributed by atoms with van der Waals surface area (Å²) >= 11 is 0. The first-order valence-corrected chi connectivity index (χ1v) is 7.81. The number of amides is 1. The van der Waals surface area contributed by atoms with Gasteiger partial charge in [-0.3, -0.25) is 14.6 Å². The molecule has 0 aliphatic heterocycles. The molecule has 0 unspecified atom stereocenters. The smallest absolute Gasteiger partial charge is 0.261 e. The summed E-state index contributed by atoms with van der Waals surface area (Å²) in [4.78, 5) is 35.0. The van der Waals surface area contributed by atoms with Crippen molar-refractivity contribution in [3.05, 3.63) is 77.0 Å². The van der Waals surface area contributed by atoms with Gasteiger partial charge in [-0.1, -0.05) is 30.3 Å². The number of benzene rings is 1. The van der Waals surface area contributed by atoms with Crippen LogP contribution >= 0.6 is 0 Å². The zero-order valence-corrected chi connectivity index (χ0v) is 13.4. The predicted octanol–water partition coefficient (Wildman–Crippen LogP) is 1.67. The monoisotopic (exact) mass is 335 g/mol. The van der Waals surface area contributed by atoms with E-state index in [1.807, 2.05) is 30.3 Å². The Morgan fingerprint density at radius 1 is 1.04 bits per heavy atom. The van der Waals surface area contributed by atoms with Gasteiger partial charge in [-0.25, -0.2) is 4.98 Å². The molecule has 25 heavy (non-hydrogen) atoms. The zero-order valence-electron chi connectivity index (χ0n) is 13.4. The van der Waals surface area contributed by atoms with E-state index in [1.165, 1.54) is 6.07 Å². The number of pyridine rings is 1. The van der Waals surface area contributed by atoms with Crippen molar-refractivity contribution in [2.24, 2.45) is 0 Å². The zero-order chi connectivity index (χ0) is 17.5.